The van der Waals surface area contributed by atoms with E-state index in [1.54, 1.807) is 36.4 Å². The van der Waals surface area contributed by atoms with Gasteiger partial charge in [0.05, 0.1) is 12.1 Å². The van der Waals surface area contributed by atoms with Gasteiger partial charge in [-0.15, -0.1) is 0 Å². The summed E-state index contributed by atoms with van der Waals surface area (Å²) in [6.07, 6.45) is 1.22. The van der Waals surface area contributed by atoms with E-state index in [9.17, 15) is 14.7 Å². The molecule has 0 saturated carbocycles. The van der Waals surface area contributed by atoms with E-state index < -0.39 is 0 Å². The summed E-state index contributed by atoms with van der Waals surface area (Å²) in [7, 11) is 0. The maximum absolute atomic E-state index is 12.2. The van der Waals surface area contributed by atoms with Crippen LogP contribution >= 0.6 is 15.9 Å². The predicted molar refractivity (Wildman–Crippen MR) is 93.4 cm³/mol. The second-order valence-electron chi connectivity index (χ2n) is 4.74. The van der Waals surface area contributed by atoms with Gasteiger partial charge in [-0.1, -0.05) is 40.7 Å². The lowest BCUT2D eigenvalue weighted by Crippen LogP contribution is -2.16. The Bertz CT molecular complexity index is 759. The quantitative estimate of drug-likeness (QED) is 0.553. The minimum atomic E-state index is -0.344. The third-order valence-electron chi connectivity index (χ3n) is 3.05. The van der Waals surface area contributed by atoms with Crippen molar-refractivity contribution in [3.05, 3.63) is 65.2 Å². The number of amides is 2. The molecule has 0 aliphatic rings. The molecular weight excluding hydrogens is 360 g/mol. The summed E-state index contributed by atoms with van der Waals surface area (Å²) in [6, 6.07) is 11.8. The lowest BCUT2D eigenvalue weighted by Gasteiger charge is -2.11. The monoisotopic (exact) mass is 374 g/mol. The summed E-state index contributed by atoms with van der Waals surface area (Å²) in [5, 5.41) is 15.1. The van der Waals surface area contributed by atoms with Crippen molar-refractivity contribution in [3.8, 4) is 5.75 Å². The second-order valence-corrected chi connectivity index (χ2v) is 5.65. The number of benzene rings is 2. The highest BCUT2D eigenvalue weighted by atomic mass is 79.9. The fourth-order valence-corrected chi connectivity index (χ4v) is 2.31. The van der Waals surface area contributed by atoms with Gasteiger partial charge in [-0.3, -0.25) is 9.59 Å². The number of hydrogen-bond donors (Lipinski definition) is 3. The summed E-state index contributed by atoms with van der Waals surface area (Å²) in [5.41, 5.74) is 1.54. The molecule has 0 aromatic heterocycles. The second kappa shape index (κ2) is 7.60. The molecule has 0 saturated heterocycles. The van der Waals surface area contributed by atoms with E-state index in [1.807, 2.05) is 0 Å². The lowest BCUT2D eigenvalue weighted by atomic mass is 10.1. The van der Waals surface area contributed by atoms with Crippen molar-refractivity contribution in [2.24, 2.45) is 0 Å². The molecule has 0 bridgehead atoms. The molecule has 0 atom stereocenters. The van der Waals surface area contributed by atoms with Gasteiger partial charge in [-0.05, 0) is 35.9 Å². The van der Waals surface area contributed by atoms with Crippen LogP contribution in [-0.2, 0) is 16.0 Å². The molecule has 0 fully saturated rings. The van der Waals surface area contributed by atoms with Crippen LogP contribution in [0.1, 0.15) is 5.56 Å². The average molecular weight is 375 g/mol. The van der Waals surface area contributed by atoms with Crippen LogP contribution in [-0.4, -0.2) is 16.9 Å². The maximum Gasteiger partial charge on any atom is 0.247 e. The highest BCUT2D eigenvalue weighted by molar-refractivity contribution is 9.10. The van der Waals surface area contributed by atoms with Gasteiger partial charge in [-0.2, -0.15) is 0 Å². The van der Waals surface area contributed by atoms with Crippen LogP contribution < -0.4 is 10.6 Å². The van der Waals surface area contributed by atoms with Crippen molar-refractivity contribution in [1.82, 2.24) is 0 Å². The zero-order chi connectivity index (χ0) is 16.8. The topological polar surface area (TPSA) is 78.4 Å². The smallest absolute Gasteiger partial charge is 0.247 e. The van der Waals surface area contributed by atoms with Crippen LogP contribution in [0.4, 0.5) is 11.4 Å². The van der Waals surface area contributed by atoms with Crippen LogP contribution in [0.5, 0.6) is 5.75 Å². The van der Waals surface area contributed by atoms with Gasteiger partial charge >= 0.3 is 0 Å². The first kappa shape index (κ1) is 16.8. The van der Waals surface area contributed by atoms with Crippen LogP contribution in [0.3, 0.4) is 0 Å². The van der Waals surface area contributed by atoms with Gasteiger partial charge in [0.25, 0.3) is 0 Å². The number of anilines is 2. The van der Waals surface area contributed by atoms with Crippen molar-refractivity contribution in [1.29, 1.82) is 0 Å². The minimum absolute atomic E-state index is 0.0269. The Labute approximate surface area is 142 Å². The molecule has 2 rings (SSSR count). The van der Waals surface area contributed by atoms with E-state index in [2.05, 4.69) is 33.1 Å². The number of phenolic OH excluding ortho intramolecular Hbond substituents is 1. The number of nitrogens with one attached hydrogen (secondary N) is 2. The van der Waals surface area contributed by atoms with Gasteiger partial charge in [0, 0.05) is 10.2 Å². The van der Waals surface area contributed by atoms with Crippen LogP contribution in [0.25, 0.3) is 0 Å². The lowest BCUT2D eigenvalue weighted by molar-refractivity contribution is -0.115. The summed E-state index contributed by atoms with van der Waals surface area (Å²) < 4.78 is 0.713. The fraction of sp³-hybridized carbons (Fsp3) is 0.0588. The summed E-state index contributed by atoms with van der Waals surface area (Å²) in [4.78, 5) is 23.6. The molecule has 23 heavy (non-hydrogen) atoms. The van der Waals surface area contributed by atoms with Gasteiger partial charge < -0.3 is 15.7 Å². The Hall–Kier alpha value is -2.60. The Morgan fingerprint density at radius 1 is 1.13 bits per heavy atom. The standard InChI is InChI=1S/C17H15BrN2O3/c1-2-16(22)19-13-6-4-3-5-11(13)9-17(23)20-14-8-7-12(18)10-15(14)21/h2-8,10,21H,1,9H2,(H,19,22)(H,20,23). The summed E-state index contributed by atoms with van der Waals surface area (Å²) >= 11 is 3.23. The predicted octanol–water partition coefficient (Wildman–Crippen LogP) is 3.46. The number of carbonyl (C=O) groups excluding carboxylic acids is 2. The molecule has 5 nitrogen and oxygen atoms in total. The molecule has 6 heteroatoms. The molecule has 0 heterocycles. The number of carbonyl (C=O) groups is 2. The Morgan fingerprint density at radius 2 is 1.87 bits per heavy atom. The fourth-order valence-electron chi connectivity index (χ4n) is 1.96. The number of hydrogen-bond acceptors (Lipinski definition) is 3. The minimum Gasteiger partial charge on any atom is -0.506 e. The average Bonchev–Trinajstić information content (AvgIpc) is 2.52. The van der Waals surface area contributed by atoms with Gasteiger partial charge in [0.2, 0.25) is 11.8 Å². The van der Waals surface area contributed by atoms with Crippen LogP contribution in [0.15, 0.2) is 59.6 Å². The third-order valence-corrected chi connectivity index (χ3v) is 3.54. The number of halogens is 1. The number of phenols is 1. The van der Waals surface area contributed by atoms with Gasteiger partial charge in [0.1, 0.15) is 5.75 Å². The number of rotatable bonds is 5. The molecule has 118 valence electrons. The van der Waals surface area contributed by atoms with Crippen molar-refractivity contribution in [2.75, 3.05) is 10.6 Å². The molecule has 0 spiro atoms. The van der Waals surface area contributed by atoms with Gasteiger partial charge in [0.15, 0.2) is 0 Å². The Balaban J connectivity index is 2.11. The molecule has 0 unspecified atom stereocenters. The van der Waals surface area contributed by atoms with Crippen LogP contribution in [0.2, 0.25) is 0 Å². The maximum atomic E-state index is 12.2. The number of para-hydroxylation sites is 1. The molecule has 0 radical (unpaired) electrons. The molecule has 2 amide bonds. The van der Waals surface area contributed by atoms with Crippen LogP contribution in [0, 0.1) is 0 Å². The largest absolute Gasteiger partial charge is 0.506 e. The normalized spacial score (nSPS) is 9.96. The first-order valence-electron chi connectivity index (χ1n) is 6.79. The highest BCUT2D eigenvalue weighted by Crippen LogP contribution is 2.27. The first-order valence-corrected chi connectivity index (χ1v) is 7.58. The first-order chi connectivity index (χ1) is 11.0. The van der Waals surface area contributed by atoms with Gasteiger partial charge in [-0.25, -0.2) is 0 Å². The summed E-state index contributed by atoms with van der Waals surface area (Å²) in [5.74, 6) is -0.674. The zero-order valence-electron chi connectivity index (χ0n) is 12.2. The third kappa shape index (κ3) is 4.69. The van der Waals surface area contributed by atoms with E-state index >= 15 is 0 Å². The van der Waals surface area contributed by atoms with Crippen molar-refractivity contribution < 1.29 is 14.7 Å². The van der Waals surface area contributed by atoms with E-state index in [1.165, 1.54) is 6.07 Å². The molecule has 2 aromatic carbocycles. The highest BCUT2D eigenvalue weighted by Gasteiger charge is 2.11. The van der Waals surface area contributed by atoms with E-state index in [-0.39, 0.29) is 24.0 Å². The molecule has 0 aliphatic carbocycles. The van der Waals surface area contributed by atoms with E-state index in [4.69, 9.17) is 0 Å². The SMILES string of the molecule is C=CC(=O)Nc1ccccc1CC(=O)Nc1ccc(Br)cc1O. The Morgan fingerprint density at radius 3 is 2.57 bits per heavy atom. The van der Waals surface area contributed by atoms with Crippen molar-refractivity contribution in [2.45, 2.75) is 6.42 Å². The van der Waals surface area contributed by atoms with Crippen molar-refractivity contribution in [3.63, 3.8) is 0 Å². The van der Waals surface area contributed by atoms with E-state index in [0.717, 1.165) is 6.08 Å². The molecule has 0 aliphatic heterocycles. The molecular formula is C17H15BrN2O3. The van der Waals surface area contributed by atoms with E-state index in [0.29, 0.717) is 21.4 Å². The summed E-state index contributed by atoms with van der Waals surface area (Å²) in [6.45, 7) is 3.40. The zero-order valence-corrected chi connectivity index (χ0v) is 13.8. The number of aromatic hydroxyl groups is 1. The molecule has 3 N–H and O–H groups in total. The molecule has 2 aromatic rings. The van der Waals surface area contributed by atoms with Crippen molar-refractivity contribution >= 4 is 39.1 Å². The Kier molecular flexibility index (Phi) is 5.54.